The lowest BCUT2D eigenvalue weighted by Crippen LogP contribution is -2.22. The number of carbonyl (C=O) groups is 1. The van der Waals surface area contributed by atoms with Gasteiger partial charge in [-0.2, -0.15) is 5.26 Å². The molecule has 0 aliphatic carbocycles. The number of rotatable bonds is 5. The molecule has 0 radical (unpaired) electrons. The van der Waals surface area contributed by atoms with E-state index in [-0.39, 0.29) is 11.8 Å². The molecule has 17 heavy (non-hydrogen) atoms. The average Bonchev–Trinajstić information content (AvgIpc) is 2.83. The highest BCUT2D eigenvalue weighted by molar-refractivity contribution is 5.86. The topological polar surface area (TPSA) is 66.5 Å². The second kappa shape index (κ2) is 6.06. The van der Waals surface area contributed by atoms with Crippen LogP contribution in [-0.4, -0.2) is 31.6 Å². The number of ether oxygens (including phenoxy) is 1. The largest absolute Gasteiger partial charge is 0.463 e. The van der Waals surface area contributed by atoms with Crippen LogP contribution in [0, 0.1) is 11.3 Å². The van der Waals surface area contributed by atoms with Gasteiger partial charge in [0.1, 0.15) is 5.76 Å². The third-order valence-electron chi connectivity index (χ3n) is 2.66. The van der Waals surface area contributed by atoms with Crippen molar-refractivity contribution in [3.63, 3.8) is 0 Å². The van der Waals surface area contributed by atoms with E-state index < -0.39 is 5.97 Å². The van der Waals surface area contributed by atoms with E-state index in [0.29, 0.717) is 18.7 Å². The molecule has 1 rings (SSSR count). The fourth-order valence-corrected chi connectivity index (χ4v) is 1.42. The third kappa shape index (κ3) is 3.33. The lowest BCUT2D eigenvalue weighted by Gasteiger charge is -2.21. The van der Waals surface area contributed by atoms with Crippen molar-refractivity contribution in [2.45, 2.75) is 19.4 Å². The first-order chi connectivity index (χ1) is 8.10. The first-order valence-electron chi connectivity index (χ1n) is 5.35. The second-order valence-electron chi connectivity index (χ2n) is 3.76. The van der Waals surface area contributed by atoms with Gasteiger partial charge < -0.3 is 9.15 Å². The number of esters is 1. The van der Waals surface area contributed by atoms with Gasteiger partial charge in [0.05, 0.1) is 19.2 Å². The summed E-state index contributed by atoms with van der Waals surface area (Å²) in [5.74, 6) is 0.400. The minimum absolute atomic E-state index is 0.0155. The average molecular weight is 236 g/mol. The Kier molecular flexibility index (Phi) is 4.73. The summed E-state index contributed by atoms with van der Waals surface area (Å²) in [4.78, 5) is 13.2. The molecule has 0 aliphatic rings. The fourth-order valence-electron chi connectivity index (χ4n) is 1.42. The van der Waals surface area contributed by atoms with Gasteiger partial charge in [0, 0.05) is 13.0 Å². The van der Waals surface area contributed by atoms with Gasteiger partial charge in [-0.15, -0.1) is 0 Å². The maximum Gasteiger partial charge on any atom is 0.373 e. The Labute approximate surface area is 101 Å². The monoisotopic (exact) mass is 236 g/mol. The van der Waals surface area contributed by atoms with Crippen molar-refractivity contribution in [1.82, 2.24) is 4.90 Å². The highest BCUT2D eigenvalue weighted by atomic mass is 16.5. The van der Waals surface area contributed by atoms with Gasteiger partial charge in [-0.25, -0.2) is 4.79 Å². The number of carbonyl (C=O) groups excluding carboxylic acids is 1. The van der Waals surface area contributed by atoms with E-state index in [9.17, 15) is 4.79 Å². The van der Waals surface area contributed by atoms with Crippen molar-refractivity contribution in [1.29, 1.82) is 5.26 Å². The van der Waals surface area contributed by atoms with E-state index in [2.05, 4.69) is 10.8 Å². The van der Waals surface area contributed by atoms with E-state index in [1.807, 2.05) is 18.9 Å². The van der Waals surface area contributed by atoms with E-state index in [0.717, 1.165) is 0 Å². The molecule has 1 aromatic rings. The van der Waals surface area contributed by atoms with Crippen LogP contribution in [0.2, 0.25) is 0 Å². The van der Waals surface area contributed by atoms with Crippen molar-refractivity contribution in [2.24, 2.45) is 0 Å². The van der Waals surface area contributed by atoms with Crippen molar-refractivity contribution in [3.05, 3.63) is 23.7 Å². The molecule has 0 bridgehead atoms. The van der Waals surface area contributed by atoms with Crippen molar-refractivity contribution < 1.29 is 13.9 Å². The summed E-state index contributed by atoms with van der Waals surface area (Å²) < 4.78 is 9.97. The molecular formula is C12H16N2O3. The molecule has 0 amide bonds. The molecule has 0 aliphatic heterocycles. The summed E-state index contributed by atoms with van der Waals surface area (Å²) in [5, 5.41) is 8.52. The Bertz CT molecular complexity index is 420. The molecule has 0 N–H and O–H groups in total. The second-order valence-corrected chi connectivity index (χ2v) is 3.76. The number of nitriles is 1. The first kappa shape index (κ1) is 13.3. The zero-order valence-electron chi connectivity index (χ0n) is 10.3. The standard InChI is InChI=1S/C12H16N2O3/c1-9(14(2)8-4-7-13)10-5-6-11(17-10)12(15)16-3/h5-6,9H,4,8H2,1-3H3. The van der Waals surface area contributed by atoms with Gasteiger partial charge in [-0.05, 0) is 26.1 Å². The molecule has 0 fully saturated rings. The summed E-state index contributed by atoms with van der Waals surface area (Å²) in [5.41, 5.74) is 0. The molecule has 1 unspecified atom stereocenters. The molecule has 5 nitrogen and oxygen atoms in total. The van der Waals surface area contributed by atoms with Gasteiger partial charge in [-0.1, -0.05) is 0 Å². The highest BCUT2D eigenvalue weighted by Crippen LogP contribution is 2.21. The molecule has 0 spiro atoms. The van der Waals surface area contributed by atoms with E-state index in [4.69, 9.17) is 9.68 Å². The van der Waals surface area contributed by atoms with Gasteiger partial charge in [0.25, 0.3) is 0 Å². The number of furan rings is 1. The van der Waals surface area contributed by atoms with Crippen LogP contribution in [0.3, 0.4) is 0 Å². The van der Waals surface area contributed by atoms with Gasteiger partial charge in [-0.3, -0.25) is 4.90 Å². The molecule has 1 heterocycles. The normalized spacial score (nSPS) is 12.2. The van der Waals surface area contributed by atoms with Crippen molar-refractivity contribution in [3.8, 4) is 6.07 Å². The summed E-state index contributed by atoms with van der Waals surface area (Å²) in [6, 6.07) is 5.45. The summed E-state index contributed by atoms with van der Waals surface area (Å²) in [6.07, 6.45) is 0.464. The molecule has 5 heteroatoms. The van der Waals surface area contributed by atoms with Crippen LogP contribution >= 0.6 is 0 Å². The van der Waals surface area contributed by atoms with Crippen LogP contribution in [0.25, 0.3) is 0 Å². The minimum Gasteiger partial charge on any atom is -0.463 e. The Morgan fingerprint density at radius 3 is 2.94 bits per heavy atom. The summed E-state index contributed by atoms with van der Waals surface area (Å²) >= 11 is 0. The Hall–Kier alpha value is -1.80. The van der Waals surface area contributed by atoms with Crippen LogP contribution in [0.4, 0.5) is 0 Å². The van der Waals surface area contributed by atoms with Crippen LogP contribution in [-0.2, 0) is 4.74 Å². The smallest absolute Gasteiger partial charge is 0.373 e. The van der Waals surface area contributed by atoms with Crippen LogP contribution < -0.4 is 0 Å². The highest BCUT2D eigenvalue weighted by Gasteiger charge is 2.18. The van der Waals surface area contributed by atoms with Gasteiger partial charge in [0.2, 0.25) is 5.76 Å². The number of methoxy groups -OCH3 is 1. The SMILES string of the molecule is COC(=O)c1ccc(C(C)N(C)CCC#N)o1. The van der Waals surface area contributed by atoms with E-state index >= 15 is 0 Å². The number of hydrogen-bond acceptors (Lipinski definition) is 5. The van der Waals surface area contributed by atoms with Crippen LogP contribution in [0.15, 0.2) is 16.5 Å². The lowest BCUT2D eigenvalue weighted by molar-refractivity contribution is 0.0560. The quantitative estimate of drug-likeness (QED) is 0.731. The van der Waals surface area contributed by atoms with Gasteiger partial charge >= 0.3 is 5.97 Å². The van der Waals surface area contributed by atoms with E-state index in [1.54, 1.807) is 12.1 Å². The molecule has 1 atom stereocenters. The molecule has 0 saturated heterocycles. The van der Waals surface area contributed by atoms with Crippen LogP contribution in [0.1, 0.15) is 35.7 Å². The third-order valence-corrected chi connectivity index (χ3v) is 2.66. The lowest BCUT2D eigenvalue weighted by atomic mass is 10.2. The summed E-state index contributed by atoms with van der Waals surface area (Å²) in [7, 11) is 3.22. The predicted octanol–water partition coefficient (Wildman–Crippen LogP) is 1.97. The fraction of sp³-hybridized carbons (Fsp3) is 0.500. The molecule has 0 saturated carbocycles. The van der Waals surface area contributed by atoms with Crippen molar-refractivity contribution >= 4 is 5.97 Å². The van der Waals surface area contributed by atoms with E-state index in [1.165, 1.54) is 7.11 Å². The van der Waals surface area contributed by atoms with Crippen molar-refractivity contribution in [2.75, 3.05) is 20.7 Å². The number of hydrogen-bond donors (Lipinski definition) is 0. The van der Waals surface area contributed by atoms with Gasteiger partial charge in [0.15, 0.2) is 0 Å². The maximum absolute atomic E-state index is 11.2. The molecule has 1 aromatic heterocycles. The number of nitrogens with zero attached hydrogens (tertiary/aromatic N) is 2. The molecule has 0 aromatic carbocycles. The Morgan fingerprint density at radius 1 is 1.65 bits per heavy atom. The maximum atomic E-state index is 11.2. The predicted molar refractivity (Wildman–Crippen MR) is 61.3 cm³/mol. The Balaban J connectivity index is 2.69. The first-order valence-corrected chi connectivity index (χ1v) is 5.35. The minimum atomic E-state index is -0.483. The zero-order valence-corrected chi connectivity index (χ0v) is 10.3. The zero-order chi connectivity index (χ0) is 12.8. The molecule has 92 valence electrons. The molecular weight excluding hydrogens is 220 g/mol. The van der Waals surface area contributed by atoms with Crippen LogP contribution in [0.5, 0.6) is 0 Å². The summed E-state index contributed by atoms with van der Waals surface area (Å²) in [6.45, 7) is 2.61. The Morgan fingerprint density at radius 2 is 2.35 bits per heavy atom.